The Balaban J connectivity index is 2.34. The van der Waals surface area contributed by atoms with Crippen molar-refractivity contribution in [1.82, 2.24) is 0 Å². The third kappa shape index (κ3) is 2.33. The van der Waals surface area contributed by atoms with Crippen molar-refractivity contribution >= 4 is 5.69 Å². The molecule has 0 unspecified atom stereocenters. The van der Waals surface area contributed by atoms with Crippen molar-refractivity contribution in [2.45, 2.75) is 6.92 Å². The molecule has 0 aromatic heterocycles. The molecule has 3 nitrogen and oxygen atoms in total. The van der Waals surface area contributed by atoms with Crippen LogP contribution in [0.15, 0.2) is 42.5 Å². The van der Waals surface area contributed by atoms with Crippen LogP contribution in [0.5, 0.6) is 17.2 Å². The molecule has 0 atom stereocenters. The first-order valence-corrected chi connectivity index (χ1v) is 5.38. The van der Waals surface area contributed by atoms with Gasteiger partial charge in [0.1, 0.15) is 17.2 Å². The van der Waals surface area contributed by atoms with Crippen LogP contribution in [0.3, 0.4) is 0 Å². The first kappa shape index (κ1) is 11.3. The normalized spacial score (nSPS) is 10.0. The number of ether oxygens (including phenoxy) is 2. The topological polar surface area (TPSA) is 44.5 Å². The molecule has 0 saturated heterocycles. The molecule has 0 saturated carbocycles. The van der Waals surface area contributed by atoms with E-state index in [-0.39, 0.29) is 0 Å². The molecule has 0 bridgehead atoms. The Labute approximate surface area is 101 Å². The van der Waals surface area contributed by atoms with Crippen molar-refractivity contribution < 1.29 is 9.47 Å². The van der Waals surface area contributed by atoms with E-state index in [1.54, 1.807) is 13.2 Å². The monoisotopic (exact) mass is 229 g/mol. The van der Waals surface area contributed by atoms with Gasteiger partial charge in [0, 0.05) is 5.56 Å². The summed E-state index contributed by atoms with van der Waals surface area (Å²) in [7, 11) is 1.60. The molecule has 0 fully saturated rings. The molecule has 3 heteroatoms. The smallest absolute Gasteiger partial charge is 0.148 e. The van der Waals surface area contributed by atoms with E-state index in [4.69, 9.17) is 15.2 Å². The minimum absolute atomic E-state index is 0.616. The Morgan fingerprint density at radius 1 is 1.00 bits per heavy atom. The molecule has 2 rings (SSSR count). The average Bonchev–Trinajstić information content (AvgIpc) is 2.35. The van der Waals surface area contributed by atoms with E-state index >= 15 is 0 Å². The highest BCUT2D eigenvalue weighted by Crippen LogP contribution is 2.35. The van der Waals surface area contributed by atoms with Gasteiger partial charge in [-0.1, -0.05) is 18.2 Å². The highest BCUT2D eigenvalue weighted by molar-refractivity contribution is 5.61. The number of benzene rings is 2. The summed E-state index contributed by atoms with van der Waals surface area (Å²) in [5.74, 6) is 2.21. The summed E-state index contributed by atoms with van der Waals surface area (Å²) in [4.78, 5) is 0. The largest absolute Gasteiger partial charge is 0.494 e. The maximum atomic E-state index is 5.81. The van der Waals surface area contributed by atoms with Crippen LogP contribution in [0.4, 0.5) is 5.69 Å². The lowest BCUT2D eigenvalue weighted by molar-refractivity contribution is 0.406. The maximum absolute atomic E-state index is 5.81. The number of nitrogens with two attached hydrogens (primary N) is 1. The van der Waals surface area contributed by atoms with Gasteiger partial charge in [-0.25, -0.2) is 0 Å². The predicted molar refractivity (Wildman–Crippen MR) is 68.7 cm³/mol. The Bertz CT molecular complexity index is 509. The molecular formula is C14H15NO2. The van der Waals surface area contributed by atoms with Gasteiger partial charge in [0.15, 0.2) is 0 Å². The molecule has 0 spiro atoms. The van der Waals surface area contributed by atoms with Gasteiger partial charge in [0.05, 0.1) is 12.8 Å². The molecule has 0 heterocycles. The molecule has 2 aromatic rings. The Morgan fingerprint density at radius 2 is 1.71 bits per heavy atom. The first-order chi connectivity index (χ1) is 8.22. The average molecular weight is 229 g/mol. The van der Waals surface area contributed by atoms with E-state index < -0.39 is 0 Å². The summed E-state index contributed by atoms with van der Waals surface area (Å²) >= 11 is 0. The minimum atomic E-state index is 0.616. The third-order valence-electron chi connectivity index (χ3n) is 2.56. The number of anilines is 1. The van der Waals surface area contributed by atoms with Crippen molar-refractivity contribution in [1.29, 1.82) is 0 Å². The van der Waals surface area contributed by atoms with Crippen molar-refractivity contribution in [3.8, 4) is 17.2 Å². The van der Waals surface area contributed by atoms with Crippen molar-refractivity contribution in [2.24, 2.45) is 0 Å². The van der Waals surface area contributed by atoms with E-state index in [2.05, 4.69) is 0 Å². The van der Waals surface area contributed by atoms with Crippen molar-refractivity contribution in [3.05, 3.63) is 48.0 Å². The van der Waals surface area contributed by atoms with Crippen LogP contribution in [0.1, 0.15) is 5.56 Å². The summed E-state index contributed by atoms with van der Waals surface area (Å²) in [5.41, 5.74) is 7.33. The third-order valence-corrected chi connectivity index (χ3v) is 2.56. The van der Waals surface area contributed by atoms with E-state index in [9.17, 15) is 0 Å². The number of para-hydroxylation sites is 1. The second-order valence-corrected chi connectivity index (χ2v) is 3.73. The Kier molecular flexibility index (Phi) is 3.19. The van der Waals surface area contributed by atoms with Gasteiger partial charge in [-0.05, 0) is 31.2 Å². The van der Waals surface area contributed by atoms with Crippen LogP contribution < -0.4 is 15.2 Å². The molecule has 0 amide bonds. The van der Waals surface area contributed by atoms with E-state index in [1.165, 1.54) is 0 Å². The SMILES string of the molecule is COc1c(N)ccc(Oc2ccccc2)c1C. The van der Waals surface area contributed by atoms with Crippen LogP contribution in [0.25, 0.3) is 0 Å². The zero-order valence-corrected chi connectivity index (χ0v) is 9.94. The second kappa shape index (κ2) is 4.78. The van der Waals surface area contributed by atoms with Crippen LogP contribution in [-0.2, 0) is 0 Å². The fraction of sp³-hybridized carbons (Fsp3) is 0.143. The number of hydrogen-bond acceptors (Lipinski definition) is 3. The molecule has 0 aliphatic rings. The molecule has 17 heavy (non-hydrogen) atoms. The fourth-order valence-electron chi connectivity index (χ4n) is 1.69. The zero-order chi connectivity index (χ0) is 12.3. The summed E-state index contributed by atoms with van der Waals surface area (Å²) in [6.45, 7) is 1.92. The van der Waals surface area contributed by atoms with Gasteiger partial charge in [-0.2, -0.15) is 0 Å². The summed E-state index contributed by atoms with van der Waals surface area (Å²) < 4.78 is 11.0. The maximum Gasteiger partial charge on any atom is 0.148 e. The highest BCUT2D eigenvalue weighted by Gasteiger charge is 2.09. The lowest BCUT2D eigenvalue weighted by Crippen LogP contribution is -1.97. The van der Waals surface area contributed by atoms with Crippen LogP contribution in [0, 0.1) is 6.92 Å². The first-order valence-electron chi connectivity index (χ1n) is 5.38. The molecule has 2 N–H and O–H groups in total. The molecular weight excluding hydrogens is 214 g/mol. The van der Waals surface area contributed by atoms with Crippen molar-refractivity contribution in [3.63, 3.8) is 0 Å². The van der Waals surface area contributed by atoms with Gasteiger partial charge in [-0.3, -0.25) is 0 Å². The van der Waals surface area contributed by atoms with Gasteiger partial charge in [-0.15, -0.1) is 0 Å². The zero-order valence-electron chi connectivity index (χ0n) is 9.94. The molecule has 0 aliphatic heterocycles. The summed E-state index contributed by atoms with van der Waals surface area (Å²) in [6.07, 6.45) is 0. The minimum Gasteiger partial charge on any atom is -0.494 e. The van der Waals surface area contributed by atoms with Gasteiger partial charge < -0.3 is 15.2 Å². The number of nitrogen functional groups attached to an aromatic ring is 1. The molecule has 2 aromatic carbocycles. The predicted octanol–water partition coefficient (Wildman–Crippen LogP) is 3.38. The Hall–Kier alpha value is -2.16. The van der Waals surface area contributed by atoms with Gasteiger partial charge in [0.25, 0.3) is 0 Å². The van der Waals surface area contributed by atoms with Crippen LogP contribution in [0.2, 0.25) is 0 Å². The molecule has 88 valence electrons. The van der Waals surface area contributed by atoms with E-state index in [1.807, 2.05) is 43.3 Å². The van der Waals surface area contributed by atoms with E-state index in [0.717, 1.165) is 17.1 Å². The lowest BCUT2D eigenvalue weighted by Gasteiger charge is -2.13. The molecule has 0 radical (unpaired) electrons. The lowest BCUT2D eigenvalue weighted by atomic mass is 10.1. The Morgan fingerprint density at radius 3 is 2.35 bits per heavy atom. The standard InChI is InChI=1S/C14H15NO2/c1-10-13(9-8-12(15)14(10)16-2)17-11-6-4-3-5-7-11/h3-9H,15H2,1-2H3. The fourth-order valence-corrected chi connectivity index (χ4v) is 1.69. The number of methoxy groups -OCH3 is 1. The highest BCUT2D eigenvalue weighted by atomic mass is 16.5. The summed E-state index contributed by atoms with van der Waals surface area (Å²) in [6, 6.07) is 13.2. The molecule has 0 aliphatic carbocycles. The second-order valence-electron chi connectivity index (χ2n) is 3.73. The van der Waals surface area contributed by atoms with E-state index in [0.29, 0.717) is 11.4 Å². The number of rotatable bonds is 3. The van der Waals surface area contributed by atoms with Gasteiger partial charge >= 0.3 is 0 Å². The number of hydrogen-bond donors (Lipinski definition) is 1. The summed E-state index contributed by atoms with van der Waals surface area (Å²) in [5, 5.41) is 0. The van der Waals surface area contributed by atoms with Crippen LogP contribution >= 0.6 is 0 Å². The quantitative estimate of drug-likeness (QED) is 0.820. The van der Waals surface area contributed by atoms with Gasteiger partial charge in [0.2, 0.25) is 0 Å². The van der Waals surface area contributed by atoms with Crippen molar-refractivity contribution in [2.75, 3.05) is 12.8 Å². The van der Waals surface area contributed by atoms with Crippen LogP contribution in [-0.4, -0.2) is 7.11 Å².